The number of rotatable bonds is 5. The molecule has 2 aromatic carbocycles. The van der Waals surface area contributed by atoms with Crippen LogP contribution in [0, 0.1) is 13.8 Å². The Labute approximate surface area is 162 Å². The van der Waals surface area contributed by atoms with Crippen LogP contribution < -0.4 is 4.80 Å². The molecule has 0 N–H and O–H groups in total. The van der Waals surface area contributed by atoms with E-state index < -0.39 is 0 Å². The quantitative estimate of drug-likeness (QED) is 0.538. The largest absolute Gasteiger partial charge is 0.316 e. The molecule has 0 aliphatic rings. The number of benzene rings is 2. The summed E-state index contributed by atoms with van der Waals surface area (Å²) in [5, 5.41) is 0. The van der Waals surface area contributed by atoms with Crippen LogP contribution in [0.3, 0.4) is 0 Å². The van der Waals surface area contributed by atoms with Gasteiger partial charge in [-0.1, -0.05) is 37.3 Å². The molecule has 26 heavy (non-hydrogen) atoms. The third-order valence-corrected chi connectivity index (χ3v) is 6.36. The van der Waals surface area contributed by atoms with Crippen LogP contribution in [0.5, 0.6) is 0 Å². The minimum Gasteiger partial charge on any atom is -0.316 e. The van der Waals surface area contributed by atoms with Gasteiger partial charge in [0.25, 0.3) is 5.91 Å². The second kappa shape index (κ2) is 8.23. The number of hydrogen-bond acceptors (Lipinski definition) is 3. The molecule has 3 rings (SSSR count). The molecule has 136 valence electrons. The summed E-state index contributed by atoms with van der Waals surface area (Å²) in [5.74, 6) is 0.771. The van der Waals surface area contributed by atoms with Crippen LogP contribution in [0.15, 0.2) is 46.3 Å². The van der Waals surface area contributed by atoms with Crippen LogP contribution in [0.25, 0.3) is 10.2 Å². The first-order chi connectivity index (χ1) is 12.5. The molecule has 0 saturated heterocycles. The van der Waals surface area contributed by atoms with Crippen LogP contribution in [0.1, 0.15) is 41.8 Å². The lowest BCUT2D eigenvalue weighted by Gasteiger charge is -2.06. The summed E-state index contributed by atoms with van der Waals surface area (Å²) in [6, 6.07) is 12.1. The summed E-state index contributed by atoms with van der Waals surface area (Å²) < 4.78 is 3.37. The zero-order valence-electron chi connectivity index (χ0n) is 15.7. The van der Waals surface area contributed by atoms with Gasteiger partial charge in [-0.15, -0.1) is 11.8 Å². The average Bonchev–Trinajstić information content (AvgIpc) is 2.93. The number of thioether (sulfide) groups is 1. The Kier molecular flexibility index (Phi) is 5.99. The van der Waals surface area contributed by atoms with Gasteiger partial charge < -0.3 is 4.57 Å². The molecule has 0 spiro atoms. The maximum atomic E-state index is 12.9. The van der Waals surface area contributed by atoms with Gasteiger partial charge in [-0.05, 0) is 61.4 Å². The maximum Gasteiger partial charge on any atom is 0.280 e. The van der Waals surface area contributed by atoms with Crippen molar-refractivity contribution in [3.8, 4) is 0 Å². The van der Waals surface area contributed by atoms with Gasteiger partial charge in [0.05, 0.1) is 15.8 Å². The zero-order chi connectivity index (χ0) is 18.7. The average molecular weight is 385 g/mol. The molecule has 0 aliphatic heterocycles. The fourth-order valence-corrected chi connectivity index (χ4v) is 4.85. The number of nitrogens with zero attached hydrogens (tertiary/aromatic N) is 2. The molecule has 0 fully saturated rings. The normalized spacial score (nSPS) is 12.1. The predicted molar refractivity (Wildman–Crippen MR) is 112 cm³/mol. The lowest BCUT2D eigenvalue weighted by atomic mass is 10.1. The Morgan fingerprint density at radius 3 is 2.62 bits per heavy atom. The first-order valence-corrected chi connectivity index (χ1v) is 10.8. The number of aryl methyl sites for hydroxylation is 3. The van der Waals surface area contributed by atoms with Crippen LogP contribution in [0.4, 0.5) is 0 Å². The highest BCUT2D eigenvalue weighted by molar-refractivity contribution is 7.99. The van der Waals surface area contributed by atoms with Crippen molar-refractivity contribution in [3.63, 3.8) is 0 Å². The van der Waals surface area contributed by atoms with E-state index in [4.69, 9.17) is 0 Å². The zero-order valence-corrected chi connectivity index (χ0v) is 17.3. The summed E-state index contributed by atoms with van der Waals surface area (Å²) in [6.07, 6.45) is 1.00. The first-order valence-electron chi connectivity index (χ1n) is 8.96. The number of thiazole rings is 1. The van der Waals surface area contributed by atoms with E-state index in [-0.39, 0.29) is 5.91 Å². The van der Waals surface area contributed by atoms with Crippen molar-refractivity contribution < 1.29 is 4.79 Å². The minimum atomic E-state index is -0.161. The SMILES string of the molecule is CCCn1c(=NC(=O)c2ccccc2SCC)sc2cc(C)c(C)cc21. The van der Waals surface area contributed by atoms with Crippen LogP contribution >= 0.6 is 23.1 Å². The number of amides is 1. The highest BCUT2D eigenvalue weighted by Gasteiger charge is 2.13. The van der Waals surface area contributed by atoms with E-state index in [0.717, 1.165) is 28.4 Å². The first kappa shape index (κ1) is 18.9. The van der Waals surface area contributed by atoms with E-state index in [1.54, 1.807) is 23.1 Å². The van der Waals surface area contributed by atoms with Crippen molar-refractivity contribution in [2.75, 3.05) is 5.75 Å². The molecule has 0 saturated carbocycles. The summed E-state index contributed by atoms with van der Waals surface area (Å²) >= 11 is 3.28. The lowest BCUT2D eigenvalue weighted by Crippen LogP contribution is -2.17. The van der Waals surface area contributed by atoms with Gasteiger partial charge in [0.2, 0.25) is 0 Å². The molecular formula is C21H24N2OS2. The molecule has 0 bridgehead atoms. The Bertz CT molecular complexity index is 1010. The molecule has 1 aromatic heterocycles. The Morgan fingerprint density at radius 2 is 1.88 bits per heavy atom. The van der Waals surface area contributed by atoms with Crippen molar-refractivity contribution >= 4 is 39.2 Å². The molecular weight excluding hydrogens is 360 g/mol. The van der Waals surface area contributed by atoms with Crippen molar-refractivity contribution in [1.29, 1.82) is 0 Å². The molecule has 5 heteroatoms. The van der Waals surface area contributed by atoms with Crippen molar-refractivity contribution in [2.24, 2.45) is 4.99 Å². The second-order valence-corrected chi connectivity index (χ2v) is 8.60. The number of carbonyl (C=O) groups is 1. The second-order valence-electron chi connectivity index (χ2n) is 6.29. The van der Waals surface area contributed by atoms with Crippen molar-refractivity contribution in [1.82, 2.24) is 4.57 Å². The van der Waals surface area contributed by atoms with Gasteiger partial charge >= 0.3 is 0 Å². The van der Waals surface area contributed by atoms with Crippen LogP contribution in [-0.4, -0.2) is 16.2 Å². The summed E-state index contributed by atoms with van der Waals surface area (Å²) in [7, 11) is 0. The maximum absolute atomic E-state index is 12.9. The molecule has 0 unspecified atom stereocenters. The van der Waals surface area contributed by atoms with Gasteiger partial charge in [-0.3, -0.25) is 4.79 Å². The van der Waals surface area contributed by atoms with E-state index in [1.807, 2.05) is 24.3 Å². The number of aromatic nitrogens is 1. The lowest BCUT2D eigenvalue weighted by molar-refractivity contribution is 0.0995. The highest BCUT2D eigenvalue weighted by Crippen LogP contribution is 2.24. The smallest absolute Gasteiger partial charge is 0.280 e. The fourth-order valence-electron chi connectivity index (χ4n) is 2.92. The number of fused-ring (bicyclic) bond motifs is 1. The summed E-state index contributed by atoms with van der Waals surface area (Å²) in [4.78, 5) is 19.2. The Hall–Kier alpha value is -1.85. The number of carbonyl (C=O) groups excluding carboxylic acids is 1. The van der Waals surface area contributed by atoms with E-state index in [1.165, 1.54) is 21.3 Å². The molecule has 1 heterocycles. The minimum absolute atomic E-state index is 0.161. The standard InChI is InChI=1S/C21H24N2OS2/c1-5-11-23-17-12-14(3)15(4)13-19(17)26-21(23)22-20(24)16-9-7-8-10-18(16)25-6-2/h7-10,12-13H,5-6,11H2,1-4H3. The molecule has 0 atom stereocenters. The monoisotopic (exact) mass is 384 g/mol. The molecule has 0 radical (unpaired) electrons. The fraction of sp³-hybridized carbons (Fsp3) is 0.333. The molecule has 0 aliphatic carbocycles. The van der Waals surface area contributed by atoms with E-state index >= 15 is 0 Å². The predicted octanol–water partition coefficient (Wildman–Crippen LogP) is 5.58. The van der Waals surface area contributed by atoms with E-state index in [0.29, 0.717) is 5.56 Å². The third-order valence-electron chi connectivity index (χ3n) is 4.36. The van der Waals surface area contributed by atoms with Gasteiger partial charge in [-0.25, -0.2) is 0 Å². The van der Waals surface area contributed by atoms with E-state index in [9.17, 15) is 4.79 Å². The van der Waals surface area contributed by atoms with Crippen molar-refractivity contribution in [3.05, 3.63) is 57.9 Å². The van der Waals surface area contributed by atoms with Gasteiger partial charge in [0.1, 0.15) is 0 Å². The van der Waals surface area contributed by atoms with Crippen LogP contribution in [-0.2, 0) is 6.54 Å². The highest BCUT2D eigenvalue weighted by atomic mass is 32.2. The van der Waals surface area contributed by atoms with Gasteiger partial charge in [0, 0.05) is 11.4 Å². The summed E-state index contributed by atoms with van der Waals surface area (Å²) in [5.41, 5.74) is 4.39. The van der Waals surface area contributed by atoms with Crippen molar-refractivity contribution in [2.45, 2.75) is 45.6 Å². The number of hydrogen-bond donors (Lipinski definition) is 0. The van der Waals surface area contributed by atoms with E-state index in [2.05, 4.69) is 49.4 Å². The van der Waals surface area contributed by atoms with Crippen LogP contribution in [0.2, 0.25) is 0 Å². The molecule has 3 aromatic rings. The Morgan fingerprint density at radius 1 is 1.15 bits per heavy atom. The molecule has 3 nitrogen and oxygen atoms in total. The van der Waals surface area contributed by atoms with Gasteiger partial charge in [-0.2, -0.15) is 4.99 Å². The summed E-state index contributed by atoms with van der Waals surface area (Å²) in [6.45, 7) is 9.35. The van der Waals surface area contributed by atoms with Gasteiger partial charge in [0.15, 0.2) is 4.80 Å². The Balaban J connectivity index is 2.15. The molecule has 1 amide bonds. The third kappa shape index (κ3) is 3.79. The topological polar surface area (TPSA) is 34.4 Å².